The van der Waals surface area contributed by atoms with E-state index in [1.807, 2.05) is 19.1 Å². The fourth-order valence-electron chi connectivity index (χ4n) is 3.83. The first kappa shape index (κ1) is 25.7. The van der Waals surface area contributed by atoms with Crippen LogP contribution in [0.2, 0.25) is 0 Å². The first-order valence-corrected chi connectivity index (χ1v) is 13.2. The van der Waals surface area contributed by atoms with Gasteiger partial charge in [-0.25, -0.2) is 13.2 Å². The van der Waals surface area contributed by atoms with Crippen molar-refractivity contribution >= 4 is 31.6 Å². The lowest BCUT2D eigenvalue weighted by atomic mass is 10.2. The summed E-state index contributed by atoms with van der Waals surface area (Å²) >= 11 is 3.49. The molecule has 0 radical (unpaired) electrons. The zero-order valence-electron chi connectivity index (χ0n) is 19.5. The van der Waals surface area contributed by atoms with Crippen molar-refractivity contribution in [3.8, 4) is 0 Å². The third kappa shape index (κ3) is 4.81. The van der Waals surface area contributed by atoms with Gasteiger partial charge in [-0.1, -0.05) is 57.9 Å². The van der Waals surface area contributed by atoms with Crippen molar-refractivity contribution in [1.29, 1.82) is 0 Å². The quantitative estimate of drug-likeness (QED) is 0.376. The van der Waals surface area contributed by atoms with E-state index >= 15 is 0 Å². The summed E-state index contributed by atoms with van der Waals surface area (Å²) in [4.78, 5) is 26.7. The molecule has 7 nitrogen and oxygen atoms in total. The van der Waals surface area contributed by atoms with Gasteiger partial charge in [0.25, 0.3) is 15.6 Å². The van der Waals surface area contributed by atoms with Crippen LogP contribution in [0, 0.1) is 6.92 Å². The molecule has 0 spiro atoms. The van der Waals surface area contributed by atoms with Crippen LogP contribution in [0.4, 0.5) is 5.69 Å². The largest absolute Gasteiger partial charge is 0.331 e. The second-order valence-corrected chi connectivity index (χ2v) is 10.5. The Morgan fingerprint density at radius 1 is 1.00 bits per heavy atom. The van der Waals surface area contributed by atoms with Gasteiger partial charge in [-0.3, -0.25) is 18.2 Å². The molecule has 0 atom stereocenters. The average Bonchev–Trinajstić information content (AvgIpc) is 2.80. The number of hydrogen-bond acceptors (Lipinski definition) is 4. The van der Waals surface area contributed by atoms with Crippen molar-refractivity contribution < 1.29 is 8.42 Å². The highest BCUT2D eigenvalue weighted by Crippen LogP contribution is 2.29. The highest BCUT2D eigenvalue weighted by atomic mass is 79.9. The van der Waals surface area contributed by atoms with Gasteiger partial charge in [-0.15, -0.1) is 6.58 Å². The van der Waals surface area contributed by atoms with Crippen LogP contribution in [0.15, 0.2) is 80.1 Å². The standard InChI is InChI=1S/C25H28BrN3O4S/c1-5-10-22-23(24(30)28(7-3)25(31)27(22)6-2)29(17-19-11-8-9-12-21(19)26)34(32,33)20-15-13-18(4)14-16-20/h5,8-9,11-16H,1,6-7,10,17H2,2-4H3. The van der Waals surface area contributed by atoms with E-state index in [0.29, 0.717) is 15.7 Å². The van der Waals surface area contributed by atoms with Gasteiger partial charge in [-0.05, 0) is 44.5 Å². The Kier molecular flexibility index (Phi) is 7.99. The number of benzene rings is 2. The maximum atomic E-state index is 14.0. The molecule has 0 unspecified atom stereocenters. The molecule has 0 saturated heterocycles. The summed E-state index contributed by atoms with van der Waals surface area (Å²) < 4.78 is 32.4. The van der Waals surface area contributed by atoms with Crippen LogP contribution in [0.5, 0.6) is 0 Å². The van der Waals surface area contributed by atoms with E-state index in [4.69, 9.17) is 0 Å². The highest BCUT2D eigenvalue weighted by Gasteiger charge is 2.32. The van der Waals surface area contributed by atoms with Gasteiger partial charge in [0.05, 0.1) is 17.1 Å². The molecule has 0 fully saturated rings. The van der Waals surface area contributed by atoms with E-state index in [1.165, 1.54) is 16.7 Å². The Morgan fingerprint density at radius 2 is 1.62 bits per heavy atom. The molecule has 9 heteroatoms. The maximum absolute atomic E-state index is 14.0. The van der Waals surface area contributed by atoms with Crippen molar-refractivity contribution in [3.05, 3.63) is 103 Å². The Bertz CT molecular complexity index is 1420. The summed E-state index contributed by atoms with van der Waals surface area (Å²) in [7, 11) is -4.16. The van der Waals surface area contributed by atoms with Crippen LogP contribution in [0.3, 0.4) is 0 Å². The average molecular weight is 546 g/mol. The van der Waals surface area contributed by atoms with Crippen LogP contribution >= 0.6 is 15.9 Å². The molecule has 0 amide bonds. The summed E-state index contributed by atoms with van der Waals surface area (Å²) in [5.41, 5.74) is 0.761. The maximum Gasteiger partial charge on any atom is 0.331 e. The van der Waals surface area contributed by atoms with E-state index < -0.39 is 21.3 Å². The minimum absolute atomic E-state index is 0.0421. The van der Waals surface area contributed by atoms with Crippen LogP contribution in [-0.4, -0.2) is 17.6 Å². The third-order valence-electron chi connectivity index (χ3n) is 5.61. The van der Waals surface area contributed by atoms with Crippen molar-refractivity contribution in [1.82, 2.24) is 9.13 Å². The SMILES string of the molecule is C=CCc1c(N(Cc2ccccc2Br)S(=O)(=O)c2ccc(C)cc2)c(=O)n(CC)c(=O)n1CC. The summed E-state index contributed by atoms with van der Waals surface area (Å²) in [6.07, 6.45) is 1.73. The minimum atomic E-state index is -4.16. The number of rotatable bonds is 9. The number of halogens is 1. The molecular weight excluding hydrogens is 518 g/mol. The first-order valence-electron chi connectivity index (χ1n) is 11.0. The lowest BCUT2D eigenvalue weighted by molar-refractivity contribution is 0.563. The number of nitrogens with zero attached hydrogens (tertiary/aromatic N) is 3. The van der Waals surface area contributed by atoms with E-state index in [1.54, 1.807) is 44.2 Å². The Balaban J connectivity index is 2.42. The smallest absolute Gasteiger partial charge is 0.295 e. The predicted molar refractivity (Wildman–Crippen MR) is 139 cm³/mol. The molecule has 0 aliphatic heterocycles. The zero-order chi connectivity index (χ0) is 25.0. The lowest BCUT2D eigenvalue weighted by Gasteiger charge is -2.28. The third-order valence-corrected chi connectivity index (χ3v) is 8.14. The van der Waals surface area contributed by atoms with Crippen LogP contribution in [-0.2, 0) is 36.1 Å². The van der Waals surface area contributed by atoms with Gasteiger partial charge in [0.2, 0.25) is 0 Å². The second-order valence-electron chi connectivity index (χ2n) is 7.78. The fraction of sp³-hybridized carbons (Fsp3) is 0.280. The van der Waals surface area contributed by atoms with Crippen LogP contribution in [0.1, 0.15) is 30.7 Å². The zero-order valence-corrected chi connectivity index (χ0v) is 21.9. The number of allylic oxidation sites excluding steroid dienone is 1. The number of aryl methyl sites for hydroxylation is 1. The van der Waals surface area contributed by atoms with E-state index in [2.05, 4.69) is 22.5 Å². The monoisotopic (exact) mass is 545 g/mol. The molecule has 0 N–H and O–H groups in total. The molecule has 34 heavy (non-hydrogen) atoms. The first-order chi connectivity index (χ1) is 16.2. The van der Waals surface area contributed by atoms with Crippen molar-refractivity contribution in [2.45, 2.75) is 51.7 Å². The molecule has 1 aromatic heterocycles. The number of anilines is 1. The van der Waals surface area contributed by atoms with Crippen molar-refractivity contribution in [2.75, 3.05) is 4.31 Å². The molecule has 0 bridgehead atoms. The van der Waals surface area contributed by atoms with Gasteiger partial charge in [-0.2, -0.15) is 0 Å². The molecule has 3 aromatic rings. The van der Waals surface area contributed by atoms with Gasteiger partial charge in [0.15, 0.2) is 0 Å². The minimum Gasteiger partial charge on any atom is -0.295 e. The summed E-state index contributed by atoms with van der Waals surface area (Å²) in [6, 6.07) is 13.7. The molecule has 180 valence electrons. The summed E-state index contributed by atoms with van der Waals surface area (Å²) in [6.45, 7) is 9.41. The Labute approximate surface area is 208 Å². The van der Waals surface area contributed by atoms with E-state index in [9.17, 15) is 18.0 Å². The molecule has 0 aliphatic carbocycles. The van der Waals surface area contributed by atoms with Gasteiger partial charge < -0.3 is 0 Å². The van der Waals surface area contributed by atoms with Gasteiger partial charge >= 0.3 is 5.69 Å². The number of hydrogen-bond donors (Lipinski definition) is 0. The molecule has 2 aromatic carbocycles. The van der Waals surface area contributed by atoms with E-state index in [0.717, 1.165) is 14.4 Å². The molecule has 3 rings (SSSR count). The van der Waals surface area contributed by atoms with Crippen molar-refractivity contribution in [3.63, 3.8) is 0 Å². The predicted octanol–water partition coefficient (Wildman–Crippen LogP) is 4.24. The Hall–Kier alpha value is -2.91. The van der Waals surface area contributed by atoms with Crippen LogP contribution < -0.4 is 15.6 Å². The highest BCUT2D eigenvalue weighted by molar-refractivity contribution is 9.10. The van der Waals surface area contributed by atoms with Crippen LogP contribution in [0.25, 0.3) is 0 Å². The molecule has 0 aliphatic rings. The summed E-state index contributed by atoms with van der Waals surface area (Å²) in [5.74, 6) is 0. The molecule has 1 heterocycles. The van der Waals surface area contributed by atoms with Crippen molar-refractivity contribution in [2.24, 2.45) is 0 Å². The normalized spacial score (nSPS) is 11.4. The van der Waals surface area contributed by atoms with Gasteiger partial charge in [0.1, 0.15) is 5.69 Å². The second kappa shape index (κ2) is 10.6. The van der Waals surface area contributed by atoms with E-state index in [-0.39, 0.29) is 36.6 Å². The Morgan fingerprint density at radius 3 is 2.18 bits per heavy atom. The topological polar surface area (TPSA) is 81.4 Å². The number of aromatic nitrogens is 2. The van der Waals surface area contributed by atoms with Gasteiger partial charge in [0, 0.05) is 24.0 Å². The fourth-order valence-corrected chi connectivity index (χ4v) is 5.71. The molecular formula is C25H28BrN3O4S. The summed E-state index contributed by atoms with van der Waals surface area (Å²) in [5, 5.41) is 0. The number of sulfonamides is 1. The lowest BCUT2D eigenvalue weighted by Crippen LogP contribution is -2.46. The molecule has 0 saturated carbocycles.